The molecule has 2 rings (SSSR count). The normalized spacial score (nSPS) is 22.2. The third kappa shape index (κ3) is 3.59. The maximum absolute atomic E-state index is 11.6. The zero-order valence-corrected chi connectivity index (χ0v) is 11.9. The summed E-state index contributed by atoms with van der Waals surface area (Å²) in [5.74, 6) is 0.0296. The first-order valence-corrected chi connectivity index (χ1v) is 7.29. The van der Waals surface area contributed by atoms with Gasteiger partial charge >= 0.3 is 0 Å². The van der Waals surface area contributed by atoms with Gasteiger partial charge in [0.05, 0.1) is 0 Å². The largest absolute Gasteiger partial charge is 0.382 e. The van der Waals surface area contributed by atoms with E-state index in [4.69, 9.17) is 5.73 Å². The van der Waals surface area contributed by atoms with Crippen LogP contribution in [0, 0.1) is 5.92 Å². The molecule has 0 radical (unpaired) electrons. The number of carbonyl (C=O) groups is 2. The molecule has 0 spiro atoms. The lowest BCUT2D eigenvalue weighted by Crippen LogP contribution is -2.32. The van der Waals surface area contributed by atoms with E-state index in [1.165, 1.54) is 0 Å². The summed E-state index contributed by atoms with van der Waals surface area (Å²) in [5, 5.41) is 3.46. The fourth-order valence-electron chi connectivity index (χ4n) is 2.71. The van der Waals surface area contributed by atoms with Crippen LogP contribution in [0.4, 0.5) is 5.69 Å². The number of anilines is 1. The Morgan fingerprint density at radius 2 is 1.75 bits per heavy atom. The van der Waals surface area contributed by atoms with Crippen LogP contribution in [0.3, 0.4) is 0 Å². The van der Waals surface area contributed by atoms with Crippen molar-refractivity contribution < 1.29 is 9.59 Å². The predicted octanol–water partition coefficient (Wildman–Crippen LogP) is 2.74. The summed E-state index contributed by atoms with van der Waals surface area (Å²) in [4.78, 5) is 22.7. The molecule has 20 heavy (non-hydrogen) atoms. The first-order valence-electron chi connectivity index (χ1n) is 7.29. The highest BCUT2D eigenvalue weighted by molar-refractivity contribution is 5.96. The Labute approximate surface area is 119 Å². The first kappa shape index (κ1) is 14.6. The van der Waals surface area contributed by atoms with Crippen molar-refractivity contribution in [1.82, 2.24) is 0 Å². The Hall–Kier alpha value is -1.84. The van der Waals surface area contributed by atoms with E-state index in [9.17, 15) is 9.59 Å². The second-order valence-electron chi connectivity index (χ2n) is 5.45. The Bertz CT molecular complexity index is 474. The zero-order valence-electron chi connectivity index (χ0n) is 11.9. The fourth-order valence-corrected chi connectivity index (χ4v) is 2.71. The molecule has 1 fully saturated rings. The number of carbonyl (C=O) groups excluding carboxylic acids is 2. The van der Waals surface area contributed by atoms with E-state index in [1.54, 1.807) is 0 Å². The van der Waals surface area contributed by atoms with E-state index < -0.39 is 0 Å². The van der Waals surface area contributed by atoms with Gasteiger partial charge in [-0.15, -0.1) is 0 Å². The molecule has 1 aliphatic carbocycles. The number of benzene rings is 1. The minimum atomic E-state index is -0.175. The molecule has 0 unspecified atom stereocenters. The van der Waals surface area contributed by atoms with Crippen molar-refractivity contribution in [2.75, 3.05) is 5.32 Å². The van der Waals surface area contributed by atoms with Crippen LogP contribution in [0.1, 0.15) is 49.4 Å². The van der Waals surface area contributed by atoms with Crippen molar-refractivity contribution in [2.45, 2.75) is 45.1 Å². The third-order valence-electron chi connectivity index (χ3n) is 4.03. The molecular formula is C16H22N2O2. The van der Waals surface area contributed by atoms with E-state index in [2.05, 4.69) is 5.32 Å². The molecule has 4 nitrogen and oxygen atoms in total. The SMILES string of the molecule is CCC(=O)c1ccc(NC2CCC(C(N)=O)CC2)cc1. The van der Waals surface area contributed by atoms with Crippen LogP contribution >= 0.6 is 0 Å². The van der Waals surface area contributed by atoms with Gasteiger partial charge in [-0.1, -0.05) is 6.92 Å². The smallest absolute Gasteiger partial charge is 0.220 e. The molecule has 1 aromatic carbocycles. The number of hydrogen-bond acceptors (Lipinski definition) is 3. The van der Waals surface area contributed by atoms with Gasteiger partial charge in [0.1, 0.15) is 0 Å². The van der Waals surface area contributed by atoms with Crippen LogP contribution in [-0.2, 0) is 4.79 Å². The lowest BCUT2D eigenvalue weighted by molar-refractivity contribution is -0.122. The zero-order chi connectivity index (χ0) is 14.5. The molecule has 1 aromatic rings. The van der Waals surface area contributed by atoms with Crippen molar-refractivity contribution in [1.29, 1.82) is 0 Å². The fraction of sp³-hybridized carbons (Fsp3) is 0.500. The highest BCUT2D eigenvalue weighted by Crippen LogP contribution is 2.26. The predicted molar refractivity (Wildman–Crippen MR) is 79.6 cm³/mol. The summed E-state index contributed by atoms with van der Waals surface area (Å²) in [6, 6.07) is 8.01. The highest BCUT2D eigenvalue weighted by atomic mass is 16.1. The van der Waals surface area contributed by atoms with Gasteiger partial charge in [0, 0.05) is 29.6 Å². The number of nitrogens with one attached hydrogen (secondary N) is 1. The Morgan fingerprint density at radius 1 is 1.15 bits per heavy atom. The lowest BCUT2D eigenvalue weighted by Gasteiger charge is -2.28. The number of amides is 1. The van der Waals surface area contributed by atoms with Gasteiger partial charge in [0.2, 0.25) is 5.91 Å². The van der Waals surface area contributed by atoms with Gasteiger partial charge < -0.3 is 11.1 Å². The Balaban J connectivity index is 1.88. The van der Waals surface area contributed by atoms with Crippen LogP contribution in [0.2, 0.25) is 0 Å². The van der Waals surface area contributed by atoms with Crippen molar-refractivity contribution in [2.24, 2.45) is 11.7 Å². The van der Waals surface area contributed by atoms with Crippen LogP contribution in [0.5, 0.6) is 0 Å². The van der Waals surface area contributed by atoms with Crippen molar-refractivity contribution in [3.63, 3.8) is 0 Å². The van der Waals surface area contributed by atoms with Gasteiger partial charge in [0.15, 0.2) is 5.78 Å². The molecule has 4 heteroatoms. The first-order chi connectivity index (χ1) is 9.60. The van der Waals surface area contributed by atoms with Gasteiger partial charge in [-0.25, -0.2) is 0 Å². The summed E-state index contributed by atoms with van der Waals surface area (Å²) in [7, 11) is 0. The summed E-state index contributed by atoms with van der Waals surface area (Å²) < 4.78 is 0. The molecule has 0 heterocycles. The standard InChI is InChI=1S/C16H22N2O2/c1-2-15(19)11-3-7-13(8-4-11)18-14-9-5-12(6-10-14)16(17)20/h3-4,7-8,12,14,18H,2,5-6,9-10H2,1H3,(H2,17,20). The third-order valence-corrected chi connectivity index (χ3v) is 4.03. The molecule has 1 amide bonds. The topological polar surface area (TPSA) is 72.2 Å². The van der Waals surface area contributed by atoms with E-state index in [1.807, 2.05) is 31.2 Å². The summed E-state index contributed by atoms with van der Waals surface area (Å²) >= 11 is 0. The molecule has 0 aliphatic heterocycles. The number of ketones is 1. The average Bonchev–Trinajstić information content (AvgIpc) is 2.48. The maximum atomic E-state index is 11.6. The monoisotopic (exact) mass is 274 g/mol. The molecule has 0 saturated heterocycles. The van der Waals surface area contributed by atoms with Crippen LogP contribution in [0.25, 0.3) is 0 Å². The molecule has 0 aromatic heterocycles. The van der Waals surface area contributed by atoms with Gasteiger partial charge in [0.25, 0.3) is 0 Å². The average molecular weight is 274 g/mol. The minimum absolute atomic E-state index is 0.0394. The summed E-state index contributed by atoms with van der Waals surface area (Å²) in [5.41, 5.74) is 7.12. The number of primary amides is 1. The van der Waals surface area contributed by atoms with E-state index in [0.29, 0.717) is 12.5 Å². The molecule has 3 N–H and O–H groups in total. The lowest BCUT2D eigenvalue weighted by atomic mass is 9.85. The Morgan fingerprint density at radius 3 is 2.25 bits per heavy atom. The number of nitrogens with two attached hydrogens (primary N) is 1. The Kier molecular flexibility index (Phi) is 4.77. The summed E-state index contributed by atoms with van der Waals surface area (Å²) in [6.07, 6.45) is 4.18. The van der Waals surface area contributed by atoms with E-state index in [0.717, 1.165) is 36.9 Å². The second kappa shape index (κ2) is 6.55. The molecular weight excluding hydrogens is 252 g/mol. The van der Waals surface area contributed by atoms with Gasteiger partial charge in [-0.3, -0.25) is 9.59 Å². The highest BCUT2D eigenvalue weighted by Gasteiger charge is 2.24. The maximum Gasteiger partial charge on any atom is 0.220 e. The summed E-state index contributed by atoms with van der Waals surface area (Å²) in [6.45, 7) is 1.87. The van der Waals surface area contributed by atoms with Gasteiger partial charge in [-0.2, -0.15) is 0 Å². The van der Waals surface area contributed by atoms with Crippen molar-refractivity contribution >= 4 is 17.4 Å². The van der Waals surface area contributed by atoms with Crippen molar-refractivity contribution in [3.05, 3.63) is 29.8 Å². The second-order valence-corrected chi connectivity index (χ2v) is 5.45. The quantitative estimate of drug-likeness (QED) is 0.811. The molecule has 1 aliphatic rings. The van der Waals surface area contributed by atoms with E-state index in [-0.39, 0.29) is 17.6 Å². The molecule has 1 saturated carbocycles. The minimum Gasteiger partial charge on any atom is -0.382 e. The number of Topliss-reactive ketones (excluding diaryl/α,β-unsaturated/α-hetero) is 1. The van der Waals surface area contributed by atoms with Gasteiger partial charge in [-0.05, 0) is 49.9 Å². The number of hydrogen-bond donors (Lipinski definition) is 2. The molecule has 0 bridgehead atoms. The van der Waals surface area contributed by atoms with Crippen LogP contribution in [-0.4, -0.2) is 17.7 Å². The van der Waals surface area contributed by atoms with Crippen LogP contribution in [0.15, 0.2) is 24.3 Å². The number of rotatable bonds is 5. The molecule has 0 atom stereocenters. The molecule has 108 valence electrons. The van der Waals surface area contributed by atoms with E-state index >= 15 is 0 Å². The van der Waals surface area contributed by atoms with Crippen molar-refractivity contribution in [3.8, 4) is 0 Å². The van der Waals surface area contributed by atoms with Crippen LogP contribution < -0.4 is 11.1 Å².